The highest BCUT2D eigenvalue weighted by atomic mass is 32.1. The molecule has 1 aromatic heterocycles. The third-order valence-corrected chi connectivity index (χ3v) is 5.20. The number of carbonyl (C=O) groups excluding carboxylic acids is 1. The molecule has 2 rings (SSSR count). The SMILES string of the molecule is CC(=O)NC1CCC(NCC(c2cccs2)N(C)C)CC1. The van der Waals surface area contributed by atoms with Crippen LogP contribution in [0.1, 0.15) is 43.5 Å². The van der Waals surface area contributed by atoms with Gasteiger partial charge in [0.05, 0.1) is 6.04 Å². The van der Waals surface area contributed by atoms with Crippen molar-refractivity contribution in [1.29, 1.82) is 0 Å². The summed E-state index contributed by atoms with van der Waals surface area (Å²) in [4.78, 5) is 14.8. The number of hydrogen-bond acceptors (Lipinski definition) is 4. The molecule has 1 saturated carbocycles. The first-order chi connectivity index (χ1) is 10.1. The number of nitrogens with one attached hydrogen (secondary N) is 2. The van der Waals surface area contributed by atoms with Gasteiger partial charge in [0.2, 0.25) is 5.91 Å². The molecular formula is C16H27N3OS. The molecule has 1 heterocycles. The lowest BCUT2D eigenvalue weighted by molar-refractivity contribution is -0.119. The summed E-state index contributed by atoms with van der Waals surface area (Å²) in [6.07, 6.45) is 4.47. The van der Waals surface area contributed by atoms with Crippen LogP contribution in [0.5, 0.6) is 0 Å². The fraction of sp³-hybridized carbons (Fsp3) is 0.688. The Hall–Kier alpha value is -0.910. The predicted octanol–water partition coefficient (Wildman–Crippen LogP) is 2.39. The zero-order valence-corrected chi connectivity index (χ0v) is 14.1. The Labute approximate surface area is 131 Å². The van der Waals surface area contributed by atoms with Crippen molar-refractivity contribution in [2.75, 3.05) is 20.6 Å². The summed E-state index contributed by atoms with van der Waals surface area (Å²) in [6.45, 7) is 2.59. The predicted molar refractivity (Wildman–Crippen MR) is 88.6 cm³/mol. The summed E-state index contributed by atoms with van der Waals surface area (Å²) in [6, 6.07) is 5.73. The quantitative estimate of drug-likeness (QED) is 0.848. The molecule has 1 amide bonds. The first kappa shape index (κ1) is 16.5. The molecule has 1 aliphatic carbocycles. The Balaban J connectivity index is 1.77. The van der Waals surface area contributed by atoms with E-state index < -0.39 is 0 Å². The van der Waals surface area contributed by atoms with Gasteiger partial charge in [0.1, 0.15) is 0 Å². The van der Waals surface area contributed by atoms with E-state index in [0.29, 0.717) is 18.1 Å². The standard InChI is InChI=1S/C16H27N3OS/c1-12(20)18-14-8-6-13(7-9-14)17-11-15(19(2)3)16-5-4-10-21-16/h4-5,10,13-15,17H,6-9,11H2,1-3H3,(H,18,20). The van der Waals surface area contributed by atoms with E-state index >= 15 is 0 Å². The van der Waals surface area contributed by atoms with Crippen molar-refractivity contribution in [3.8, 4) is 0 Å². The molecule has 0 saturated heterocycles. The minimum Gasteiger partial charge on any atom is -0.354 e. The van der Waals surface area contributed by atoms with Gasteiger partial charge in [0.15, 0.2) is 0 Å². The molecule has 118 valence electrons. The summed E-state index contributed by atoms with van der Waals surface area (Å²) in [5, 5.41) is 8.90. The maximum atomic E-state index is 11.1. The lowest BCUT2D eigenvalue weighted by Gasteiger charge is -2.32. The van der Waals surface area contributed by atoms with Crippen LogP contribution >= 0.6 is 11.3 Å². The number of likely N-dealkylation sites (N-methyl/N-ethyl adjacent to an activating group) is 1. The second kappa shape index (κ2) is 7.92. The van der Waals surface area contributed by atoms with Gasteiger partial charge in [-0.15, -0.1) is 11.3 Å². The summed E-state index contributed by atoms with van der Waals surface area (Å²) < 4.78 is 0. The van der Waals surface area contributed by atoms with Crippen molar-refractivity contribution in [2.24, 2.45) is 0 Å². The van der Waals surface area contributed by atoms with E-state index in [4.69, 9.17) is 0 Å². The topological polar surface area (TPSA) is 44.4 Å². The summed E-state index contributed by atoms with van der Waals surface area (Å²) in [7, 11) is 4.28. The average molecular weight is 309 g/mol. The summed E-state index contributed by atoms with van der Waals surface area (Å²) >= 11 is 1.82. The molecule has 1 unspecified atom stereocenters. The summed E-state index contributed by atoms with van der Waals surface area (Å²) in [5.74, 6) is 0.0942. The Bertz CT molecular complexity index is 425. The highest BCUT2D eigenvalue weighted by Gasteiger charge is 2.23. The van der Waals surface area contributed by atoms with Crippen LogP contribution in [0.3, 0.4) is 0 Å². The van der Waals surface area contributed by atoms with E-state index in [0.717, 1.165) is 32.2 Å². The third kappa shape index (κ3) is 5.09. The molecular weight excluding hydrogens is 282 g/mol. The molecule has 4 nitrogen and oxygen atoms in total. The molecule has 0 aliphatic heterocycles. The molecule has 1 atom stereocenters. The Morgan fingerprint density at radius 1 is 1.33 bits per heavy atom. The lowest BCUT2D eigenvalue weighted by Crippen LogP contribution is -2.43. The lowest BCUT2D eigenvalue weighted by atomic mass is 9.91. The monoisotopic (exact) mass is 309 g/mol. The van der Waals surface area contributed by atoms with Gasteiger partial charge < -0.3 is 15.5 Å². The van der Waals surface area contributed by atoms with Crippen molar-refractivity contribution in [2.45, 2.75) is 50.7 Å². The molecule has 1 aromatic rings. The number of carbonyl (C=O) groups is 1. The van der Waals surface area contributed by atoms with Gasteiger partial charge in [-0.2, -0.15) is 0 Å². The number of rotatable bonds is 6. The van der Waals surface area contributed by atoms with E-state index in [9.17, 15) is 4.79 Å². The first-order valence-electron chi connectivity index (χ1n) is 7.76. The van der Waals surface area contributed by atoms with Gasteiger partial charge in [0.25, 0.3) is 0 Å². The highest BCUT2D eigenvalue weighted by Crippen LogP contribution is 2.24. The average Bonchev–Trinajstić information content (AvgIpc) is 2.94. The van der Waals surface area contributed by atoms with Crippen LogP contribution in [0.15, 0.2) is 17.5 Å². The van der Waals surface area contributed by atoms with Crippen molar-refractivity contribution in [1.82, 2.24) is 15.5 Å². The molecule has 1 aliphatic rings. The maximum Gasteiger partial charge on any atom is 0.217 e. The maximum absolute atomic E-state index is 11.1. The van der Waals surface area contributed by atoms with E-state index in [-0.39, 0.29) is 5.91 Å². The van der Waals surface area contributed by atoms with Crippen LogP contribution in [0.4, 0.5) is 0 Å². The van der Waals surface area contributed by atoms with Gasteiger partial charge in [-0.05, 0) is 51.2 Å². The van der Waals surface area contributed by atoms with Crippen LogP contribution in [-0.4, -0.2) is 43.5 Å². The zero-order valence-electron chi connectivity index (χ0n) is 13.3. The van der Waals surface area contributed by atoms with Crippen LogP contribution in [0.25, 0.3) is 0 Å². The van der Waals surface area contributed by atoms with E-state index in [2.05, 4.69) is 47.1 Å². The molecule has 0 bridgehead atoms. The van der Waals surface area contributed by atoms with Crippen LogP contribution in [0, 0.1) is 0 Å². The fourth-order valence-electron chi connectivity index (χ4n) is 3.03. The normalized spacial score (nSPS) is 24.0. The smallest absolute Gasteiger partial charge is 0.217 e. The molecule has 1 fully saturated rings. The van der Waals surface area contributed by atoms with E-state index in [1.54, 1.807) is 6.92 Å². The molecule has 5 heteroatoms. The molecule has 0 radical (unpaired) electrons. The van der Waals surface area contributed by atoms with Crippen molar-refractivity contribution < 1.29 is 4.79 Å². The van der Waals surface area contributed by atoms with E-state index in [1.807, 2.05) is 11.3 Å². The van der Waals surface area contributed by atoms with Crippen LogP contribution in [0.2, 0.25) is 0 Å². The first-order valence-corrected chi connectivity index (χ1v) is 8.64. The molecule has 2 N–H and O–H groups in total. The zero-order chi connectivity index (χ0) is 15.2. The number of nitrogens with zero attached hydrogens (tertiary/aromatic N) is 1. The van der Waals surface area contributed by atoms with Crippen molar-refractivity contribution in [3.63, 3.8) is 0 Å². The van der Waals surface area contributed by atoms with E-state index in [1.165, 1.54) is 4.88 Å². The van der Waals surface area contributed by atoms with Crippen molar-refractivity contribution in [3.05, 3.63) is 22.4 Å². The minimum atomic E-state index is 0.0942. The van der Waals surface area contributed by atoms with Crippen LogP contribution in [-0.2, 0) is 4.79 Å². The Kier molecular flexibility index (Phi) is 6.21. The third-order valence-electron chi connectivity index (χ3n) is 4.23. The van der Waals surface area contributed by atoms with Crippen molar-refractivity contribution >= 4 is 17.2 Å². The largest absolute Gasteiger partial charge is 0.354 e. The number of amides is 1. The Morgan fingerprint density at radius 2 is 2.00 bits per heavy atom. The molecule has 0 spiro atoms. The fourth-order valence-corrected chi connectivity index (χ4v) is 3.95. The molecule has 0 aromatic carbocycles. The second-order valence-electron chi connectivity index (χ2n) is 6.15. The van der Waals surface area contributed by atoms with Gasteiger partial charge in [-0.1, -0.05) is 6.07 Å². The van der Waals surface area contributed by atoms with Gasteiger partial charge in [0, 0.05) is 30.4 Å². The summed E-state index contributed by atoms with van der Waals surface area (Å²) in [5.41, 5.74) is 0. The number of hydrogen-bond donors (Lipinski definition) is 2. The number of thiophene rings is 1. The van der Waals surface area contributed by atoms with Crippen LogP contribution < -0.4 is 10.6 Å². The van der Waals surface area contributed by atoms with Gasteiger partial charge in [-0.25, -0.2) is 0 Å². The highest BCUT2D eigenvalue weighted by molar-refractivity contribution is 7.10. The van der Waals surface area contributed by atoms with Gasteiger partial charge >= 0.3 is 0 Å². The van der Waals surface area contributed by atoms with Gasteiger partial charge in [-0.3, -0.25) is 4.79 Å². The molecule has 21 heavy (non-hydrogen) atoms. The Morgan fingerprint density at radius 3 is 2.52 bits per heavy atom. The minimum absolute atomic E-state index is 0.0942. The second-order valence-corrected chi connectivity index (χ2v) is 7.13.